The van der Waals surface area contributed by atoms with Gasteiger partial charge in [0.1, 0.15) is 0 Å². The van der Waals surface area contributed by atoms with Crippen molar-refractivity contribution in [3.05, 3.63) is 35.4 Å². The van der Waals surface area contributed by atoms with Crippen LogP contribution in [0.5, 0.6) is 0 Å². The summed E-state index contributed by atoms with van der Waals surface area (Å²) in [6.45, 7) is 0.352. The van der Waals surface area contributed by atoms with Crippen molar-refractivity contribution >= 4 is 5.97 Å². The summed E-state index contributed by atoms with van der Waals surface area (Å²) in [6, 6.07) is 3.59. The van der Waals surface area contributed by atoms with E-state index >= 15 is 0 Å². The molecule has 1 saturated heterocycles. The monoisotopic (exact) mass is 523 g/mol. The Hall–Kier alpha value is -1.81. The topological polar surface area (TPSA) is 60.8 Å². The summed E-state index contributed by atoms with van der Waals surface area (Å²) in [7, 11) is 0. The first-order chi connectivity index (χ1) is 16.8. The van der Waals surface area contributed by atoms with Crippen LogP contribution in [-0.4, -0.2) is 45.4 Å². The second kappa shape index (κ2) is 11.7. The lowest BCUT2D eigenvalue weighted by atomic mass is 9.79. The highest BCUT2D eigenvalue weighted by atomic mass is 19.4. The second-order valence-electron chi connectivity index (χ2n) is 10.5. The molecule has 1 heterocycles. The molecular weight excluding hydrogens is 488 g/mol. The molecule has 1 aliphatic heterocycles. The van der Waals surface area contributed by atoms with Crippen molar-refractivity contribution in [1.29, 1.82) is 0 Å². The lowest BCUT2D eigenvalue weighted by Crippen LogP contribution is -2.45. The summed E-state index contributed by atoms with van der Waals surface area (Å²) < 4.78 is 78.9. The quantitative estimate of drug-likeness (QED) is 0.339. The number of nitrogens with zero attached hydrogens (tertiary/aromatic N) is 1. The number of carbonyl (C=O) groups is 1. The van der Waals surface area contributed by atoms with E-state index in [2.05, 4.69) is 0 Å². The number of carboxylic acid groups (broad SMARTS) is 1. The van der Waals surface area contributed by atoms with Crippen LogP contribution >= 0.6 is 0 Å². The Balaban J connectivity index is 1.86. The fourth-order valence-corrected chi connectivity index (χ4v) is 5.85. The number of carboxylic acids is 1. The van der Waals surface area contributed by atoms with Gasteiger partial charge in [-0.1, -0.05) is 31.4 Å². The van der Waals surface area contributed by atoms with Gasteiger partial charge in [0, 0.05) is 24.9 Å². The predicted molar refractivity (Wildman–Crippen MR) is 122 cm³/mol. The number of aliphatic hydroxyl groups is 1. The predicted octanol–water partition coefficient (Wildman–Crippen LogP) is 7.12. The first kappa shape index (κ1) is 28.8. The van der Waals surface area contributed by atoms with E-state index in [1.807, 2.05) is 4.90 Å². The number of rotatable bonds is 9. The van der Waals surface area contributed by atoms with Gasteiger partial charge in [-0.15, -0.1) is 0 Å². The molecule has 1 aromatic carbocycles. The van der Waals surface area contributed by atoms with Crippen LogP contribution in [0.1, 0.15) is 94.2 Å². The third kappa shape index (κ3) is 8.36. The Morgan fingerprint density at radius 1 is 1.03 bits per heavy atom. The number of hydrogen-bond acceptors (Lipinski definition) is 3. The van der Waals surface area contributed by atoms with Crippen molar-refractivity contribution in [3.8, 4) is 0 Å². The summed E-state index contributed by atoms with van der Waals surface area (Å²) in [4.78, 5) is 13.2. The molecule has 0 amide bonds. The minimum atomic E-state index is -4.51. The maximum Gasteiger partial charge on any atom is 0.416 e. The van der Waals surface area contributed by atoms with E-state index in [1.54, 1.807) is 0 Å². The summed E-state index contributed by atoms with van der Waals surface area (Å²) in [5, 5.41) is 20.2. The number of alkyl halides is 6. The third-order valence-corrected chi connectivity index (χ3v) is 7.80. The highest BCUT2D eigenvalue weighted by Crippen LogP contribution is 2.42. The molecule has 204 valence electrons. The minimum Gasteiger partial charge on any atom is -0.481 e. The molecule has 0 spiro atoms. The van der Waals surface area contributed by atoms with E-state index in [1.165, 1.54) is 12.1 Å². The molecule has 36 heavy (non-hydrogen) atoms. The summed E-state index contributed by atoms with van der Waals surface area (Å²) in [5.41, 5.74) is -1.18. The van der Waals surface area contributed by atoms with Gasteiger partial charge in [-0.2, -0.15) is 26.3 Å². The van der Waals surface area contributed by atoms with Crippen LogP contribution in [0.4, 0.5) is 26.3 Å². The minimum absolute atomic E-state index is 0.0993. The average Bonchev–Trinajstić information content (AvgIpc) is 2.78. The van der Waals surface area contributed by atoms with Crippen molar-refractivity contribution in [1.82, 2.24) is 4.90 Å². The smallest absolute Gasteiger partial charge is 0.416 e. The zero-order valence-electron chi connectivity index (χ0n) is 20.3. The van der Waals surface area contributed by atoms with Crippen molar-refractivity contribution in [3.63, 3.8) is 0 Å². The Bertz CT molecular complexity index is 849. The highest BCUT2D eigenvalue weighted by molar-refractivity contribution is 5.67. The highest BCUT2D eigenvalue weighted by Gasteiger charge is 2.39. The summed E-state index contributed by atoms with van der Waals surface area (Å²) >= 11 is 0. The van der Waals surface area contributed by atoms with Gasteiger partial charge in [-0.05, 0) is 75.1 Å². The van der Waals surface area contributed by atoms with E-state index in [0.29, 0.717) is 50.6 Å². The van der Waals surface area contributed by atoms with Crippen LogP contribution < -0.4 is 0 Å². The van der Waals surface area contributed by atoms with Crippen LogP contribution in [-0.2, 0) is 11.0 Å². The van der Waals surface area contributed by atoms with Gasteiger partial charge >= 0.3 is 18.3 Å². The van der Waals surface area contributed by atoms with E-state index < -0.39 is 48.0 Å². The molecule has 0 unspecified atom stereocenters. The van der Waals surface area contributed by atoms with E-state index in [-0.39, 0.29) is 18.8 Å². The van der Waals surface area contributed by atoms with Crippen LogP contribution in [0.3, 0.4) is 0 Å². The zero-order chi connectivity index (χ0) is 26.6. The third-order valence-electron chi connectivity index (χ3n) is 7.80. The molecule has 2 aliphatic rings. The molecule has 10 heteroatoms. The molecule has 1 aliphatic carbocycles. The first-order valence-electron chi connectivity index (χ1n) is 12.7. The molecular formula is C26H35F6NO3. The summed E-state index contributed by atoms with van der Waals surface area (Å²) in [6.07, 6.45) is -4.62. The van der Waals surface area contributed by atoms with E-state index in [9.17, 15) is 41.4 Å². The van der Waals surface area contributed by atoms with Gasteiger partial charge in [0.25, 0.3) is 0 Å². The van der Waals surface area contributed by atoms with Crippen molar-refractivity contribution in [2.24, 2.45) is 5.92 Å². The van der Waals surface area contributed by atoms with Crippen molar-refractivity contribution in [2.45, 2.75) is 107 Å². The lowest BCUT2D eigenvalue weighted by molar-refractivity contribution is -0.142. The molecule has 0 aromatic heterocycles. The van der Waals surface area contributed by atoms with Crippen LogP contribution in [0.25, 0.3) is 0 Å². The number of aliphatic carboxylic acids is 1. The number of piperidine rings is 1. The zero-order valence-corrected chi connectivity index (χ0v) is 20.3. The Morgan fingerprint density at radius 3 is 2.22 bits per heavy atom. The maximum atomic E-state index is 13.2. The van der Waals surface area contributed by atoms with Crippen LogP contribution in [0.2, 0.25) is 0 Å². The fraction of sp³-hybridized carbons (Fsp3) is 0.731. The molecule has 0 radical (unpaired) electrons. The first-order valence-corrected chi connectivity index (χ1v) is 12.7. The number of benzene rings is 1. The van der Waals surface area contributed by atoms with E-state index in [0.717, 1.165) is 31.4 Å². The average molecular weight is 524 g/mol. The maximum absolute atomic E-state index is 13.2. The SMILES string of the molecule is O=C(O)C[C@@H]1CCN([C@@H](CCC(F)(F)F)CCC2(O)CCCCC2)[C@H](c2ccc(C(F)(F)F)cc2)C1. The fourth-order valence-electron chi connectivity index (χ4n) is 5.85. The van der Waals surface area contributed by atoms with E-state index in [4.69, 9.17) is 0 Å². The molecule has 1 aromatic rings. The number of hydrogen-bond donors (Lipinski definition) is 2. The lowest BCUT2D eigenvalue weighted by Gasteiger charge is -2.45. The van der Waals surface area contributed by atoms with Gasteiger partial charge < -0.3 is 10.2 Å². The number of halogens is 6. The van der Waals surface area contributed by atoms with Crippen LogP contribution in [0.15, 0.2) is 24.3 Å². The normalized spacial score (nSPS) is 24.4. The Labute approximate surface area is 207 Å². The molecule has 2 fully saturated rings. The van der Waals surface area contributed by atoms with Gasteiger partial charge in [-0.3, -0.25) is 9.69 Å². The molecule has 4 nitrogen and oxygen atoms in total. The van der Waals surface area contributed by atoms with Crippen molar-refractivity contribution < 1.29 is 41.4 Å². The van der Waals surface area contributed by atoms with Gasteiger partial charge in [0.05, 0.1) is 11.2 Å². The van der Waals surface area contributed by atoms with Gasteiger partial charge in [-0.25, -0.2) is 0 Å². The molecule has 2 N–H and O–H groups in total. The van der Waals surface area contributed by atoms with Crippen molar-refractivity contribution in [2.75, 3.05) is 6.54 Å². The largest absolute Gasteiger partial charge is 0.481 e. The summed E-state index contributed by atoms with van der Waals surface area (Å²) in [5.74, 6) is -1.20. The Kier molecular flexibility index (Phi) is 9.36. The van der Waals surface area contributed by atoms with Gasteiger partial charge in [0.2, 0.25) is 0 Å². The standard InChI is InChI=1S/C26H35F6NO3/c27-25(28,29)14-9-21(8-13-24(36)11-2-1-3-12-24)33-15-10-18(17-23(34)35)16-22(33)19-4-6-20(7-5-19)26(30,31)32/h4-7,18,21-22,36H,1-3,8-17H2,(H,34,35)/t18-,21-,22+/m1/s1. The second-order valence-corrected chi connectivity index (χ2v) is 10.5. The van der Waals surface area contributed by atoms with Crippen LogP contribution in [0, 0.1) is 5.92 Å². The molecule has 0 bridgehead atoms. The molecule has 1 saturated carbocycles. The van der Waals surface area contributed by atoms with Gasteiger partial charge in [0.15, 0.2) is 0 Å². The molecule has 3 rings (SSSR count). The Morgan fingerprint density at radius 2 is 1.67 bits per heavy atom. The molecule has 3 atom stereocenters. The number of likely N-dealkylation sites (tertiary alicyclic amines) is 1.